The van der Waals surface area contributed by atoms with Gasteiger partial charge in [-0.1, -0.05) is 18.2 Å². The van der Waals surface area contributed by atoms with E-state index in [2.05, 4.69) is 65.2 Å². The molecule has 2 aromatic carbocycles. The van der Waals surface area contributed by atoms with E-state index >= 15 is 0 Å². The summed E-state index contributed by atoms with van der Waals surface area (Å²) in [7, 11) is 3.79. The first-order valence-corrected chi connectivity index (χ1v) is 15.1. The van der Waals surface area contributed by atoms with Crippen LogP contribution in [0.2, 0.25) is 0 Å². The molecule has 3 N–H and O–H groups in total. The Labute approximate surface area is 258 Å². The van der Waals surface area contributed by atoms with Crippen molar-refractivity contribution in [2.24, 2.45) is 0 Å². The van der Waals surface area contributed by atoms with Crippen LogP contribution in [0.25, 0.3) is 0 Å². The zero-order valence-corrected chi connectivity index (χ0v) is 26.0. The van der Waals surface area contributed by atoms with Crippen LogP contribution in [0, 0.1) is 6.92 Å². The molecule has 2 aliphatic heterocycles. The van der Waals surface area contributed by atoms with E-state index in [1.807, 2.05) is 12.1 Å². The Morgan fingerprint density at radius 2 is 1.72 bits per heavy atom. The van der Waals surface area contributed by atoms with E-state index in [4.69, 9.17) is 4.74 Å². The Morgan fingerprint density at radius 1 is 1.02 bits per heavy atom. The lowest BCUT2D eigenvalue weighted by molar-refractivity contribution is -0.206. The number of nitrogens with one attached hydrogen (secondary N) is 2. The fourth-order valence-electron chi connectivity index (χ4n) is 5.73. The fraction of sp³-hybridized carbons (Fsp3) is 0.467. The first kappa shape index (κ1) is 31.3. The highest BCUT2D eigenvalue weighted by Crippen LogP contribution is 2.39. The fourth-order valence-corrected chi connectivity index (χ4v) is 6.02. The Morgan fingerprint density at radius 3 is 2.40 bits per heavy atom. The molecule has 3 heterocycles. The molecule has 0 bridgehead atoms. The SMILES string of the molecule is COc1cc(N2CCC(N3CCN(C)CC3)CC2)c(C)cc1Nc1ncc(Br)c(Nc2ccccc2C(O)C(F)(F)F)n1. The molecule has 5 rings (SSSR count). The standard InChI is InChI=1S/C30H37BrF3N7O2/c1-19-16-24(26(43-3)17-25(19)41-10-8-20(9-11-41)40-14-12-39(2)13-15-40)37-29-35-18-22(31)28(38-29)36-23-7-5-4-6-21(23)27(42)30(32,33)34/h4-7,16-18,20,27,42H,8-15H2,1-3H3,(H2,35,36,37,38). The van der Waals surface area contributed by atoms with Gasteiger partial charge in [0.25, 0.3) is 0 Å². The molecule has 0 aliphatic carbocycles. The Balaban J connectivity index is 1.30. The van der Waals surface area contributed by atoms with Gasteiger partial charge >= 0.3 is 6.18 Å². The maximum Gasteiger partial charge on any atom is 0.418 e. The van der Waals surface area contributed by atoms with Gasteiger partial charge in [-0.05, 0) is 60.4 Å². The first-order chi connectivity index (χ1) is 20.5. The molecule has 0 spiro atoms. The van der Waals surface area contributed by atoms with Crippen LogP contribution in [0.1, 0.15) is 30.1 Å². The van der Waals surface area contributed by atoms with Gasteiger partial charge in [-0.15, -0.1) is 0 Å². The highest BCUT2D eigenvalue weighted by atomic mass is 79.9. The summed E-state index contributed by atoms with van der Waals surface area (Å²) in [6.45, 7) is 8.52. The second kappa shape index (κ2) is 13.2. The molecule has 43 heavy (non-hydrogen) atoms. The smallest absolute Gasteiger partial charge is 0.418 e. The minimum absolute atomic E-state index is 0.0758. The predicted octanol–water partition coefficient (Wildman–Crippen LogP) is 5.86. The number of halogens is 4. The van der Waals surface area contributed by atoms with Crippen molar-refractivity contribution in [1.82, 2.24) is 19.8 Å². The van der Waals surface area contributed by atoms with Crippen molar-refractivity contribution in [2.75, 3.05) is 69.0 Å². The number of nitrogens with zero attached hydrogens (tertiary/aromatic N) is 5. The lowest BCUT2D eigenvalue weighted by Crippen LogP contribution is -2.52. The van der Waals surface area contributed by atoms with Crippen molar-refractivity contribution in [2.45, 2.75) is 38.1 Å². The average molecular weight is 665 g/mol. The van der Waals surface area contributed by atoms with E-state index in [1.165, 1.54) is 24.4 Å². The number of alkyl halides is 3. The number of rotatable bonds is 8. The number of aliphatic hydroxyl groups is 1. The van der Waals surface area contributed by atoms with Gasteiger partial charge in [-0.3, -0.25) is 4.90 Å². The summed E-state index contributed by atoms with van der Waals surface area (Å²) in [5.41, 5.74) is 2.63. The van der Waals surface area contributed by atoms with Crippen LogP contribution in [-0.2, 0) is 0 Å². The maximum absolute atomic E-state index is 13.3. The van der Waals surface area contributed by atoms with Crippen LogP contribution in [0.5, 0.6) is 5.75 Å². The lowest BCUT2D eigenvalue weighted by Gasteiger charge is -2.43. The Bertz CT molecular complexity index is 1410. The van der Waals surface area contributed by atoms with Crippen molar-refractivity contribution < 1.29 is 23.0 Å². The number of hydrogen-bond donors (Lipinski definition) is 3. The molecule has 1 atom stereocenters. The van der Waals surface area contributed by atoms with E-state index < -0.39 is 12.3 Å². The predicted molar refractivity (Wildman–Crippen MR) is 166 cm³/mol. The summed E-state index contributed by atoms with van der Waals surface area (Å²) in [5.74, 6) is 1.08. The van der Waals surface area contributed by atoms with E-state index in [1.54, 1.807) is 13.2 Å². The second-order valence-electron chi connectivity index (χ2n) is 11.1. The molecule has 2 aliphatic rings. The first-order valence-electron chi connectivity index (χ1n) is 14.3. The number of aromatic nitrogens is 2. The highest BCUT2D eigenvalue weighted by molar-refractivity contribution is 9.10. The molecule has 2 saturated heterocycles. The quantitative estimate of drug-likeness (QED) is 0.274. The number of benzene rings is 2. The Hall–Kier alpha value is -3.13. The van der Waals surface area contributed by atoms with Gasteiger partial charge < -0.3 is 30.3 Å². The zero-order chi connectivity index (χ0) is 30.7. The maximum atomic E-state index is 13.3. The van der Waals surface area contributed by atoms with Gasteiger partial charge in [0.15, 0.2) is 6.10 Å². The summed E-state index contributed by atoms with van der Waals surface area (Å²) >= 11 is 3.36. The highest BCUT2D eigenvalue weighted by Gasteiger charge is 2.40. The number of hydrogen-bond acceptors (Lipinski definition) is 9. The topological polar surface area (TPSA) is 89.0 Å². The van der Waals surface area contributed by atoms with Crippen molar-refractivity contribution in [3.05, 3.63) is 58.2 Å². The zero-order valence-electron chi connectivity index (χ0n) is 24.5. The van der Waals surface area contributed by atoms with Crippen LogP contribution < -0.4 is 20.3 Å². The molecule has 9 nitrogen and oxygen atoms in total. The number of methoxy groups -OCH3 is 1. The minimum atomic E-state index is -4.81. The summed E-state index contributed by atoms with van der Waals surface area (Å²) in [4.78, 5) is 16.3. The molecule has 1 aromatic heterocycles. The molecule has 13 heteroatoms. The van der Waals surface area contributed by atoms with E-state index in [0.717, 1.165) is 63.4 Å². The van der Waals surface area contributed by atoms with Crippen LogP contribution in [-0.4, -0.2) is 90.5 Å². The summed E-state index contributed by atoms with van der Waals surface area (Å²) in [6.07, 6.45) is -3.71. The molecule has 0 radical (unpaired) electrons. The molecule has 3 aromatic rings. The number of aryl methyl sites for hydroxylation is 1. The number of para-hydroxylation sites is 1. The van der Waals surface area contributed by atoms with Crippen molar-refractivity contribution in [3.8, 4) is 5.75 Å². The third kappa shape index (κ3) is 7.34. The van der Waals surface area contributed by atoms with Crippen LogP contribution in [0.3, 0.4) is 0 Å². The van der Waals surface area contributed by atoms with Crippen LogP contribution >= 0.6 is 15.9 Å². The number of anilines is 5. The monoisotopic (exact) mass is 663 g/mol. The van der Waals surface area contributed by atoms with Crippen LogP contribution in [0.15, 0.2) is 47.1 Å². The molecule has 2 fully saturated rings. The summed E-state index contributed by atoms with van der Waals surface area (Å²) in [6, 6.07) is 10.3. The number of ether oxygens (including phenoxy) is 1. The van der Waals surface area contributed by atoms with Crippen molar-refractivity contribution in [1.29, 1.82) is 0 Å². The summed E-state index contributed by atoms with van der Waals surface area (Å²) < 4.78 is 45.9. The second-order valence-corrected chi connectivity index (χ2v) is 11.9. The normalized spacial score (nSPS) is 18.0. The van der Waals surface area contributed by atoms with Gasteiger partial charge in [0.1, 0.15) is 11.6 Å². The Kier molecular flexibility index (Phi) is 9.64. The number of piperidine rings is 1. The van der Waals surface area contributed by atoms with Gasteiger partial charge in [-0.2, -0.15) is 18.2 Å². The van der Waals surface area contributed by atoms with Crippen molar-refractivity contribution >= 4 is 44.8 Å². The van der Waals surface area contributed by atoms with E-state index in [0.29, 0.717) is 22.0 Å². The third-order valence-corrected chi connectivity index (χ3v) is 8.77. The third-order valence-electron chi connectivity index (χ3n) is 8.19. The molecular weight excluding hydrogens is 627 g/mol. The van der Waals surface area contributed by atoms with Gasteiger partial charge in [0.2, 0.25) is 5.95 Å². The van der Waals surface area contributed by atoms with Gasteiger partial charge in [0.05, 0.1) is 17.3 Å². The van der Waals surface area contributed by atoms with Gasteiger partial charge in [0, 0.05) is 74.5 Å². The number of aliphatic hydroxyl groups excluding tert-OH is 1. The minimum Gasteiger partial charge on any atom is -0.494 e. The molecular formula is C30H37BrF3N7O2. The largest absolute Gasteiger partial charge is 0.494 e. The molecule has 0 saturated carbocycles. The van der Waals surface area contributed by atoms with E-state index in [-0.39, 0.29) is 23.0 Å². The average Bonchev–Trinajstić information content (AvgIpc) is 2.99. The molecule has 232 valence electrons. The molecule has 0 amide bonds. The van der Waals surface area contributed by atoms with Crippen LogP contribution in [0.4, 0.5) is 42.0 Å². The van der Waals surface area contributed by atoms with Gasteiger partial charge in [-0.25, -0.2) is 4.98 Å². The van der Waals surface area contributed by atoms with Crippen molar-refractivity contribution in [3.63, 3.8) is 0 Å². The van der Waals surface area contributed by atoms with E-state index in [9.17, 15) is 18.3 Å². The number of piperazine rings is 1. The number of likely N-dealkylation sites (N-methyl/N-ethyl adjacent to an activating group) is 1. The summed E-state index contributed by atoms with van der Waals surface area (Å²) in [5, 5.41) is 16.0. The lowest BCUT2D eigenvalue weighted by atomic mass is 10.0. The molecule has 1 unspecified atom stereocenters.